The van der Waals surface area contributed by atoms with Gasteiger partial charge in [-0.3, -0.25) is 9.98 Å². The molecule has 0 unspecified atom stereocenters. The zero-order valence-corrected chi connectivity index (χ0v) is 7.10. The number of hydrogen-bond acceptors (Lipinski definition) is 3. The van der Waals surface area contributed by atoms with E-state index in [1.807, 2.05) is 25.1 Å². The molecule has 12 heavy (non-hydrogen) atoms. The Morgan fingerprint density at radius 2 is 2.33 bits per heavy atom. The summed E-state index contributed by atoms with van der Waals surface area (Å²) in [5.41, 5.74) is 1.07. The van der Waals surface area contributed by atoms with E-state index >= 15 is 0 Å². The fourth-order valence-corrected chi connectivity index (χ4v) is 0.712. The average molecular weight is 164 g/mol. The normalized spacial score (nSPS) is 13.1. The fraction of sp³-hybridized carbons (Fsp3) is 0.333. The van der Waals surface area contributed by atoms with Crippen LogP contribution in [-0.4, -0.2) is 24.5 Å². The van der Waals surface area contributed by atoms with Gasteiger partial charge in [0.15, 0.2) is 6.40 Å². The Morgan fingerprint density at radius 3 is 2.58 bits per heavy atom. The maximum absolute atomic E-state index is 4.65. The first-order chi connectivity index (χ1) is 5.89. The zero-order valence-electron chi connectivity index (χ0n) is 7.10. The first-order valence-electron chi connectivity index (χ1n) is 3.87. The van der Waals surface area contributed by atoms with Crippen molar-refractivity contribution >= 4 is 6.40 Å². The molecular formula is C9H12N2O. The van der Waals surface area contributed by atoms with Gasteiger partial charge in [0.05, 0.1) is 6.54 Å². The standard InChI is InChI=1S/C6H7N.C3H5NO/c1-6-4-2-3-5-7-6;1-2-5-3-4-1/h2-5H,1H3;3H,1-2H2. The number of ether oxygens (including phenoxy) is 1. The Morgan fingerprint density at radius 1 is 1.42 bits per heavy atom. The molecule has 0 spiro atoms. The highest BCUT2D eigenvalue weighted by Crippen LogP contribution is 1.86. The highest BCUT2D eigenvalue weighted by molar-refractivity contribution is 5.47. The van der Waals surface area contributed by atoms with E-state index in [-0.39, 0.29) is 0 Å². The molecule has 0 saturated heterocycles. The summed E-state index contributed by atoms with van der Waals surface area (Å²) in [5, 5.41) is 0. The molecule has 3 nitrogen and oxygen atoms in total. The molecule has 0 amide bonds. The van der Waals surface area contributed by atoms with Gasteiger partial charge in [-0.2, -0.15) is 0 Å². The lowest BCUT2D eigenvalue weighted by molar-refractivity contribution is 0.361. The third kappa shape index (κ3) is 3.71. The number of pyridine rings is 1. The monoisotopic (exact) mass is 164 g/mol. The van der Waals surface area contributed by atoms with Crippen LogP contribution >= 0.6 is 0 Å². The van der Waals surface area contributed by atoms with Crippen molar-refractivity contribution in [3.63, 3.8) is 0 Å². The Balaban J connectivity index is 0.000000127. The van der Waals surface area contributed by atoms with Crippen molar-refractivity contribution in [2.75, 3.05) is 13.2 Å². The van der Waals surface area contributed by atoms with Crippen LogP contribution in [0.15, 0.2) is 29.4 Å². The Kier molecular flexibility index (Phi) is 3.84. The van der Waals surface area contributed by atoms with Gasteiger partial charge < -0.3 is 4.74 Å². The predicted octanol–water partition coefficient (Wildman–Crippen LogP) is 1.43. The van der Waals surface area contributed by atoms with E-state index in [1.54, 1.807) is 6.20 Å². The molecular weight excluding hydrogens is 152 g/mol. The van der Waals surface area contributed by atoms with Gasteiger partial charge in [-0.1, -0.05) is 6.07 Å². The first kappa shape index (κ1) is 8.71. The molecule has 0 aliphatic carbocycles. The minimum atomic E-state index is 0.778. The van der Waals surface area contributed by atoms with Crippen molar-refractivity contribution in [1.29, 1.82) is 0 Å². The highest BCUT2D eigenvalue weighted by atomic mass is 16.5. The molecule has 3 heteroatoms. The Labute approximate surface area is 72.1 Å². The number of hydrogen-bond donors (Lipinski definition) is 0. The maximum Gasteiger partial charge on any atom is 0.169 e. The van der Waals surface area contributed by atoms with Gasteiger partial charge in [0.1, 0.15) is 6.61 Å². The molecule has 0 saturated carbocycles. The quantitative estimate of drug-likeness (QED) is 0.581. The second-order valence-corrected chi connectivity index (χ2v) is 2.35. The van der Waals surface area contributed by atoms with E-state index in [0.717, 1.165) is 18.8 Å². The molecule has 0 atom stereocenters. The first-order valence-corrected chi connectivity index (χ1v) is 3.87. The number of aromatic nitrogens is 1. The summed E-state index contributed by atoms with van der Waals surface area (Å²) >= 11 is 0. The molecule has 1 aliphatic rings. The minimum absolute atomic E-state index is 0.778. The van der Waals surface area contributed by atoms with Crippen LogP contribution in [0.25, 0.3) is 0 Å². The largest absolute Gasteiger partial charge is 0.482 e. The second-order valence-electron chi connectivity index (χ2n) is 2.35. The number of aryl methyl sites for hydroxylation is 1. The SMILES string of the molecule is C1=NCCO1.Cc1ccccn1. The molecule has 1 aromatic rings. The average Bonchev–Trinajstić information content (AvgIpc) is 2.62. The number of nitrogens with zero attached hydrogens (tertiary/aromatic N) is 2. The van der Waals surface area contributed by atoms with Gasteiger partial charge in [0.25, 0.3) is 0 Å². The molecule has 0 fully saturated rings. The zero-order chi connectivity index (χ0) is 8.65. The summed E-state index contributed by atoms with van der Waals surface area (Å²) in [6, 6.07) is 5.86. The molecule has 1 aliphatic heterocycles. The third-order valence-electron chi connectivity index (χ3n) is 1.30. The summed E-state index contributed by atoms with van der Waals surface area (Å²) in [6.45, 7) is 3.60. The van der Waals surface area contributed by atoms with Crippen LogP contribution in [0, 0.1) is 6.92 Å². The van der Waals surface area contributed by atoms with Crippen molar-refractivity contribution in [2.24, 2.45) is 4.99 Å². The summed E-state index contributed by atoms with van der Waals surface area (Å²) in [4.78, 5) is 7.72. The second kappa shape index (κ2) is 5.29. The van der Waals surface area contributed by atoms with E-state index in [2.05, 4.69) is 14.7 Å². The highest BCUT2D eigenvalue weighted by Gasteiger charge is 1.84. The summed E-state index contributed by atoms with van der Waals surface area (Å²) in [6.07, 6.45) is 3.27. The Bertz CT molecular complexity index is 228. The van der Waals surface area contributed by atoms with Gasteiger partial charge in [-0.15, -0.1) is 0 Å². The Hall–Kier alpha value is -1.38. The van der Waals surface area contributed by atoms with E-state index in [4.69, 9.17) is 0 Å². The van der Waals surface area contributed by atoms with Crippen molar-refractivity contribution in [3.05, 3.63) is 30.1 Å². The van der Waals surface area contributed by atoms with E-state index < -0.39 is 0 Å². The van der Waals surface area contributed by atoms with Gasteiger partial charge >= 0.3 is 0 Å². The van der Waals surface area contributed by atoms with E-state index in [0.29, 0.717) is 0 Å². The molecule has 0 bridgehead atoms. The van der Waals surface area contributed by atoms with Gasteiger partial charge in [0.2, 0.25) is 0 Å². The van der Waals surface area contributed by atoms with Crippen molar-refractivity contribution in [2.45, 2.75) is 6.92 Å². The van der Waals surface area contributed by atoms with E-state index in [9.17, 15) is 0 Å². The molecule has 0 aromatic carbocycles. The lowest BCUT2D eigenvalue weighted by Gasteiger charge is -1.82. The molecule has 1 aromatic heterocycles. The topological polar surface area (TPSA) is 34.5 Å². The van der Waals surface area contributed by atoms with Crippen LogP contribution in [0.2, 0.25) is 0 Å². The van der Waals surface area contributed by atoms with Crippen LogP contribution in [0.3, 0.4) is 0 Å². The number of aliphatic imine (C=N–C) groups is 1. The van der Waals surface area contributed by atoms with Crippen molar-refractivity contribution < 1.29 is 4.74 Å². The van der Waals surface area contributed by atoms with Gasteiger partial charge in [-0.25, -0.2) is 0 Å². The molecule has 0 radical (unpaired) electrons. The predicted molar refractivity (Wildman–Crippen MR) is 48.3 cm³/mol. The van der Waals surface area contributed by atoms with Crippen LogP contribution < -0.4 is 0 Å². The van der Waals surface area contributed by atoms with Crippen LogP contribution in [0.5, 0.6) is 0 Å². The molecule has 2 heterocycles. The lowest BCUT2D eigenvalue weighted by Crippen LogP contribution is -1.80. The minimum Gasteiger partial charge on any atom is -0.482 e. The lowest BCUT2D eigenvalue weighted by atomic mass is 10.4. The smallest absolute Gasteiger partial charge is 0.169 e. The third-order valence-corrected chi connectivity index (χ3v) is 1.30. The molecule has 64 valence electrons. The van der Waals surface area contributed by atoms with Crippen LogP contribution in [-0.2, 0) is 4.74 Å². The van der Waals surface area contributed by atoms with Crippen molar-refractivity contribution in [1.82, 2.24) is 4.98 Å². The van der Waals surface area contributed by atoms with Crippen LogP contribution in [0.1, 0.15) is 5.69 Å². The fourth-order valence-electron chi connectivity index (χ4n) is 0.712. The van der Waals surface area contributed by atoms with Crippen molar-refractivity contribution in [3.8, 4) is 0 Å². The maximum atomic E-state index is 4.65. The summed E-state index contributed by atoms with van der Waals surface area (Å²) in [7, 11) is 0. The van der Waals surface area contributed by atoms with Gasteiger partial charge in [-0.05, 0) is 19.1 Å². The summed E-state index contributed by atoms with van der Waals surface area (Å²) < 4.78 is 4.65. The summed E-state index contributed by atoms with van der Waals surface area (Å²) in [5.74, 6) is 0. The number of rotatable bonds is 0. The van der Waals surface area contributed by atoms with E-state index in [1.165, 1.54) is 6.40 Å². The molecule has 2 rings (SSSR count). The van der Waals surface area contributed by atoms with Crippen LogP contribution in [0.4, 0.5) is 0 Å². The molecule has 0 N–H and O–H groups in total. The van der Waals surface area contributed by atoms with Gasteiger partial charge in [0, 0.05) is 11.9 Å².